The first-order valence-corrected chi connectivity index (χ1v) is 13.3. The number of likely N-dealkylation sites (tertiary alicyclic amines) is 1. The summed E-state index contributed by atoms with van der Waals surface area (Å²) in [6.45, 7) is 14.0. The van der Waals surface area contributed by atoms with Crippen LogP contribution in [0.4, 0.5) is 15.0 Å². The molecule has 9 nitrogen and oxygen atoms in total. The molecule has 204 valence electrons. The van der Waals surface area contributed by atoms with Gasteiger partial charge in [-0.15, -0.1) is 0 Å². The van der Waals surface area contributed by atoms with Gasteiger partial charge in [-0.1, -0.05) is 0 Å². The van der Waals surface area contributed by atoms with E-state index in [1.54, 1.807) is 0 Å². The van der Waals surface area contributed by atoms with Gasteiger partial charge in [-0.05, 0) is 71.2 Å². The molecule has 2 saturated heterocycles. The van der Waals surface area contributed by atoms with E-state index in [1.807, 2.05) is 57.6 Å². The summed E-state index contributed by atoms with van der Waals surface area (Å²) in [7, 11) is 0. The summed E-state index contributed by atoms with van der Waals surface area (Å²) in [6.07, 6.45) is 0.679. The summed E-state index contributed by atoms with van der Waals surface area (Å²) in [5.74, 6) is 1.86. The van der Waals surface area contributed by atoms with Gasteiger partial charge in [0, 0.05) is 30.5 Å². The summed E-state index contributed by atoms with van der Waals surface area (Å²) in [6, 6.07) is 6.26. The maximum absolute atomic E-state index is 15.5. The van der Waals surface area contributed by atoms with Crippen LogP contribution in [0.2, 0.25) is 0 Å². The molecule has 4 heterocycles. The third-order valence-electron chi connectivity index (χ3n) is 7.24. The number of rotatable bonds is 3. The Hall–Kier alpha value is -3.27. The van der Waals surface area contributed by atoms with Gasteiger partial charge >= 0.3 is 6.09 Å². The molecule has 0 aliphatic carbocycles. The molecule has 10 heteroatoms. The third-order valence-corrected chi connectivity index (χ3v) is 7.24. The number of carbonyl (C=O) groups is 1. The van der Waals surface area contributed by atoms with Gasteiger partial charge in [-0.3, -0.25) is 0 Å². The number of piperidine rings is 1. The van der Waals surface area contributed by atoms with Gasteiger partial charge < -0.3 is 19.3 Å². The first-order valence-electron chi connectivity index (χ1n) is 13.3. The van der Waals surface area contributed by atoms with Gasteiger partial charge in [0.15, 0.2) is 5.82 Å². The number of ether oxygens (including phenoxy) is 2. The van der Waals surface area contributed by atoms with E-state index in [-0.39, 0.29) is 18.5 Å². The summed E-state index contributed by atoms with van der Waals surface area (Å²) in [5, 5.41) is 5.61. The number of carbonyl (C=O) groups excluding carboxylic acids is 1. The van der Waals surface area contributed by atoms with Crippen molar-refractivity contribution in [1.82, 2.24) is 24.6 Å². The van der Waals surface area contributed by atoms with Gasteiger partial charge in [0.1, 0.15) is 23.4 Å². The number of aryl methyl sites for hydroxylation is 2. The van der Waals surface area contributed by atoms with Gasteiger partial charge in [-0.2, -0.15) is 5.10 Å². The molecule has 3 atom stereocenters. The van der Waals surface area contributed by atoms with Crippen LogP contribution >= 0.6 is 0 Å². The van der Waals surface area contributed by atoms with Crippen molar-refractivity contribution in [2.24, 2.45) is 0 Å². The van der Waals surface area contributed by atoms with Crippen molar-refractivity contribution in [3.05, 3.63) is 41.3 Å². The van der Waals surface area contributed by atoms with E-state index >= 15 is 4.39 Å². The first kappa shape index (κ1) is 26.3. The van der Waals surface area contributed by atoms with E-state index in [0.29, 0.717) is 37.8 Å². The minimum atomic E-state index is -1.19. The second kappa shape index (κ2) is 10.1. The van der Waals surface area contributed by atoms with Crippen LogP contribution < -0.4 is 4.90 Å². The fourth-order valence-electron chi connectivity index (χ4n) is 5.39. The topological polar surface area (TPSA) is 85.6 Å². The van der Waals surface area contributed by atoms with E-state index in [2.05, 4.69) is 33.0 Å². The molecule has 2 aliphatic heterocycles. The molecule has 2 unspecified atom stereocenters. The van der Waals surface area contributed by atoms with Crippen molar-refractivity contribution >= 4 is 22.8 Å². The molecule has 1 aromatic carbocycles. The maximum atomic E-state index is 15.5. The number of hydrogen-bond donors (Lipinski definition) is 0. The van der Waals surface area contributed by atoms with Crippen molar-refractivity contribution in [3.8, 4) is 5.82 Å². The average Bonchev–Trinajstić information content (AvgIpc) is 3.25. The van der Waals surface area contributed by atoms with E-state index < -0.39 is 17.9 Å². The Morgan fingerprint density at radius 3 is 2.61 bits per heavy atom. The smallest absolute Gasteiger partial charge is 0.410 e. The lowest BCUT2D eigenvalue weighted by atomic mass is 9.85. The minimum absolute atomic E-state index is 0.0164. The second-order valence-corrected chi connectivity index (χ2v) is 11.4. The van der Waals surface area contributed by atoms with Crippen LogP contribution in [0.3, 0.4) is 0 Å². The number of aromatic nitrogens is 4. The molecule has 5 rings (SSSR count). The molecule has 2 aromatic heterocycles. The van der Waals surface area contributed by atoms with E-state index in [1.165, 1.54) is 4.90 Å². The van der Waals surface area contributed by atoms with Gasteiger partial charge in [0.25, 0.3) is 0 Å². The number of benzene rings is 1. The summed E-state index contributed by atoms with van der Waals surface area (Å²) >= 11 is 0. The van der Waals surface area contributed by atoms with Crippen LogP contribution in [0.1, 0.15) is 57.0 Å². The summed E-state index contributed by atoms with van der Waals surface area (Å²) in [5.41, 5.74) is 2.20. The molecule has 0 bridgehead atoms. The molecule has 3 aromatic rings. The fraction of sp³-hybridized carbons (Fsp3) is 0.571. The molecular formula is C28H37FN6O3. The van der Waals surface area contributed by atoms with E-state index in [4.69, 9.17) is 9.47 Å². The minimum Gasteiger partial charge on any atom is -0.444 e. The molecule has 0 saturated carbocycles. The second-order valence-electron chi connectivity index (χ2n) is 11.4. The Bertz CT molecular complexity index is 1340. The highest BCUT2D eigenvalue weighted by molar-refractivity contribution is 5.82. The number of amides is 1. The Balaban J connectivity index is 1.44. The van der Waals surface area contributed by atoms with Gasteiger partial charge in [0.05, 0.1) is 37.5 Å². The maximum Gasteiger partial charge on any atom is 0.410 e. The Labute approximate surface area is 222 Å². The molecule has 2 aliphatic rings. The Morgan fingerprint density at radius 2 is 1.89 bits per heavy atom. The molecule has 38 heavy (non-hydrogen) atoms. The summed E-state index contributed by atoms with van der Waals surface area (Å²) < 4.78 is 28.4. The lowest BCUT2D eigenvalue weighted by Gasteiger charge is -2.36. The van der Waals surface area contributed by atoms with Crippen molar-refractivity contribution < 1.29 is 18.7 Å². The van der Waals surface area contributed by atoms with Crippen LogP contribution in [0.15, 0.2) is 24.4 Å². The number of nitrogens with zero attached hydrogens (tertiary/aromatic N) is 6. The van der Waals surface area contributed by atoms with Crippen LogP contribution in [0.5, 0.6) is 0 Å². The number of anilines is 1. The molecule has 0 radical (unpaired) electrons. The van der Waals surface area contributed by atoms with Gasteiger partial charge in [0.2, 0.25) is 0 Å². The molecule has 1 amide bonds. The summed E-state index contributed by atoms with van der Waals surface area (Å²) in [4.78, 5) is 25.6. The van der Waals surface area contributed by atoms with Crippen LogP contribution in [-0.4, -0.2) is 81.4 Å². The van der Waals surface area contributed by atoms with Crippen molar-refractivity contribution in [2.75, 3.05) is 37.7 Å². The number of fused-ring (bicyclic) bond motifs is 1. The number of morpholine rings is 1. The van der Waals surface area contributed by atoms with Crippen LogP contribution in [0, 0.1) is 13.8 Å². The molecule has 2 fully saturated rings. The fourth-order valence-corrected chi connectivity index (χ4v) is 5.39. The predicted octanol–water partition coefficient (Wildman–Crippen LogP) is 4.72. The highest BCUT2D eigenvalue weighted by Crippen LogP contribution is 2.35. The Morgan fingerprint density at radius 1 is 1.13 bits per heavy atom. The zero-order chi connectivity index (χ0) is 27.2. The number of halogens is 1. The SMILES string of the molecule is Cc1nc(N2CCOC[C@H]2C)cc(-n2ncc3cc(C)c(C4CCN(C(=O)OC(C)(C)C)CC4F)cc32)n1. The average molecular weight is 525 g/mol. The number of alkyl halides is 1. The van der Waals surface area contributed by atoms with Crippen LogP contribution in [0.25, 0.3) is 16.7 Å². The quantitative estimate of drug-likeness (QED) is 0.490. The molecule has 0 spiro atoms. The van der Waals surface area contributed by atoms with Gasteiger partial charge in [-0.25, -0.2) is 23.8 Å². The monoisotopic (exact) mass is 524 g/mol. The lowest BCUT2D eigenvalue weighted by molar-refractivity contribution is 0.0111. The van der Waals surface area contributed by atoms with Crippen molar-refractivity contribution in [1.29, 1.82) is 0 Å². The van der Waals surface area contributed by atoms with E-state index in [9.17, 15) is 4.79 Å². The highest BCUT2D eigenvalue weighted by atomic mass is 19.1. The molecule has 0 N–H and O–H groups in total. The van der Waals surface area contributed by atoms with E-state index in [0.717, 1.165) is 34.4 Å². The van der Waals surface area contributed by atoms with Crippen LogP contribution in [-0.2, 0) is 9.47 Å². The zero-order valence-corrected chi connectivity index (χ0v) is 23.1. The largest absolute Gasteiger partial charge is 0.444 e. The first-order chi connectivity index (χ1) is 18.0. The standard InChI is InChI=1S/C28H37FN6O3/c1-17-11-20-14-30-35(26-13-25(31-19(3)32-26)34-9-10-37-16-18(34)2)24(20)12-22(17)21-7-8-33(15-23(21)29)27(36)38-28(4,5)6/h11-14,18,21,23H,7-10,15-16H2,1-6H3/t18-,21?,23?/m1/s1. The predicted molar refractivity (Wildman–Crippen MR) is 144 cm³/mol. The lowest BCUT2D eigenvalue weighted by Crippen LogP contribution is -2.46. The zero-order valence-electron chi connectivity index (χ0n) is 23.1. The number of hydrogen-bond acceptors (Lipinski definition) is 7. The normalized spacial score (nSPS) is 22.7. The highest BCUT2D eigenvalue weighted by Gasteiger charge is 2.35. The third kappa shape index (κ3) is 5.32. The van der Waals surface area contributed by atoms with Crippen molar-refractivity contribution in [2.45, 2.75) is 71.7 Å². The Kier molecular flexibility index (Phi) is 7.02. The molecular weight excluding hydrogens is 487 g/mol. The van der Waals surface area contributed by atoms with Crippen molar-refractivity contribution in [3.63, 3.8) is 0 Å².